The van der Waals surface area contributed by atoms with Gasteiger partial charge in [0, 0.05) is 42.7 Å². The maximum Gasteiger partial charge on any atom is 0.0917 e. The monoisotopic (exact) mass is 767 g/mol. The first-order valence-corrected chi connectivity index (χ1v) is 20.9. The molecule has 4 aromatic heterocycles. The zero-order valence-electron chi connectivity index (χ0n) is 31.8. The number of benzene rings is 9. The molecule has 0 amide bonds. The zero-order valence-corrected chi connectivity index (χ0v) is 32.6. The average molecular weight is 768 g/mol. The van der Waals surface area contributed by atoms with Gasteiger partial charge in [-0.05, 0) is 99.8 Å². The molecule has 0 radical (unpaired) electrons. The van der Waals surface area contributed by atoms with Crippen LogP contribution in [0.1, 0.15) is 0 Å². The first kappa shape index (κ1) is 32.5. The van der Waals surface area contributed by atoms with Crippen molar-refractivity contribution in [2.75, 3.05) is 0 Å². The van der Waals surface area contributed by atoms with Gasteiger partial charge in [0.25, 0.3) is 0 Å². The molecule has 0 N–H and O–H groups in total. The molecule has 13 rings (SSSR count). The Morgan fingerprint density at radius 3 is 1.66 bits per heavy atom. The second-order valence-corrected chi connectivity index (χ2v) is 16.6. The largest absolute Gasteiger partial charge is 0.309 e. The number of hydrogen-bond donors (Lipinski definition) is 0. The minimum Gasteiger partial charge on any atom is -0.309 e. The van der Waals surface area contributed by atoms with Gasteiger partial charge in [0.1, 0.15) is 0 Å². The van der Waals surface area contributed by atoms with Crippen molar-refractivity contribution in [2.24, 2.45) is 0 Å². The number of para-hydroxylation sites is 3. The van der Waals surface area contributed by atoms with Crippen molar-refractivity contribution in [1.82, 2.24) is 14.1 Å². The molecule has 0 aliphatic carbocycles. The maximum atomic E-state index is 5.24. The third-order valence-electron chi connectivity index (χ3n) is 12.3. The first-order chi connectivity index (χ1) is 29.2. The molecule has 9 aromatic carbocycles. The molecule has 13 aromatic rings. The molecule has 0 atom stereocenters. The van der Waals surface area contributed by atoms with E-state index in [4.69, 9.17) is 4.98 Å². The summed E-state index contributed by atoms with van der Waals surface area (Å²) < 4.78 is 7.37. The fourth-order valence-corrected chi connectivity index (χ4v) is 10.7. The lowest BCUT2D eigenvalue weighted by atomic mass is 10.0. The van der Waals surface area contributed by atoms with E-state index in [0.29, 0.717) is 0 Å². The number of aromatic nitrogens is 3. The molecule has 4 heterocycles. The van der Waals surface area contributed by atoms with Crippen LogP contribution in [0.5, 0.6) is 0 Å². The van der Waals surface area contributed by atoms with Crippen LogP contribution in [0.2, 0.25) is 0 Å². The van der Waals surface area contributed by atoms with Crippen molar-refractivity contribution in [1.29, 1.82) is 0 Å². The lowest BCUT2D eigenvalue weighted by Crippen LogP contribution is -1.97. The molecular formula is C55H33N3S. The molecule has 274 valence electrons. The predicted octanol–water partition coefficient (Wildman–Crippen LogP) is 15.3. The molecule has 0 saturated heterocycles. The van der Waals surface area contributed by atoms with E-state index < -0.39 is 0 Å². The van der Waals surface area contributed by atoms with Gasteiger partial charge in [-0.25, -0.2) is 4.98 Å². The third kappa shape index (κ3) is 4.84. The Labute approximate surface area is 343 Å². The Kier molecular flexibility index (Phi) is 6.89. The van der Waals surface area contributed by atoms with Gasteiger partial charge in [0.2, 0.25) is 0 Å². The molecular weight excluding hydrogens is 735 g/mol. The van der Waals surface area contributed by atoms with Crippen LogP contribution >= 0.6 is 11.3 Å². The van der Waals surface area contributed by atoms with Gasteiger partial charge in [-0.2, -0.15) is 0 Å². The van der Waals surface area contributed by atoms with E-state index in [2.05, 4.69) is 209 Å². The number of hydrogen-bond acceptors (Lipinski definition) is 2. The third-order valence-corrected chi connectivity index (χ3v) is 13.4. The fourth-order valence-electron chi connectivity index (χ4n) is 9.55. The number of fused-ring (bicyclic) bond motifs is 11. The van der Waals surface area contributed by atoms with Gasteiger partial charge < -0.3 is 9.13 Å². The zero-order chi connectivity index (χ0) is 38.6. The van der Waals surface area contributed by atoms with Crippen molar-refractivity contribution >= 4 is 96.9 Å². The van der Waals surface area contributed by atoms with E-state index in [0.717, 1.165) is 22.1 Å². The molecule has 59 heavy (non-hydrogen) atoms. The van der Waals surface area contributed by atoms with E-state index in [-0.39, 0.29) is 0 Å². The molecule has 3 nitrogen and oxygen atoms in total. The molecule has 0 saturated carbocycles. The van der Waals surface area contributed by atoms with Crippen molar-refractivity contribution < 1.29 is 0 Å². The van der Waals surface area contributed by atoms with E-state index in [9.17, 15) is 0 Å². The van der Waals surface area contributed by atoms with Crippen LogP contribution in [0.25, 0.3) is 119 Å². The summed E-state index contributed by atoms with van der Waals surface area (Å²) in [6, 6.07) is 73.2. The van der Waals surface area contributed by atoms with E-state index in [1.807, 2.05) is 11.3 Å². The summed E-state index contributed by atoms with van der Waals surface area (Å²) in [5.74, 6) is 0. The van der Waals surface area contributed by atoms with Gasteiger partial charge in [-0.15, -0.1) is 11.3 Å². The summed E-state index contributed by atoms with van der Waals surface area (Å²) >= 11 is 1.84. The van der Waals surface area contributed by atoms with E-state index >= 15 is 0 Å². The highest BCUT2D eigenvalue weighted by molar-refractivity contribution is 7.26. The smallest absolute Gasteiger partial charge is 0.0917 e. The molecule has 0 fully saturated rings. The van der Waals surface area contributed by atoms with Crippen LogP contribution in [-0.4, -0.2) is 14.1 Å². The molecule has 0 spiro atoms. The Hall–Kier alpha value is -7.53. The van der Waals surface area contributed by atoms with Crippen LogP contribution in [0.4, 0.5) is 0 Å². The van der Waals surface area contributed by atoms with Crippen LogP contribution < -0.4 is 0 Å². The quantitative estimate of drug-likeness (QED) is 0.175. The van der Waals surface area contributed by atoms with Crippen molar-refractivity contribution in [2.45, 2.75) is 0 Å². The van der Waals surface area contributed by atoms with Crippen molar-refractivity contribution in [3.05, 3.63) is 200 Å². The summed E-state index contributed by atoms with van der Waals surface area (Å²) in [5, 5.41) is 9.80. The highest BCUT2D eigenvalue weighted by Gasteiger charge is 2.21. The van der Waals surface area contributed by atoms with Gasteiger partial charge in [-0.1, -0.05) is 133 Å². The Morgan fingerprint density at radius 1 is 0.356 bits per heavy atom. The second kappa shape index (κ2) is 12.5. The highest BCUT2D eigenvalue weighted by Crippen LogP contribution is 2.44. The number of rotatable bonds is 4. The van der Waals surface area contributed by atoms with Crippen LogP contribution in [-0.2, 0) is 0 Å². The van der Waals surface area contributed by atoms with Crippen molar-refractivity contribution in [3.8, 4) is 33.6 Å². The average Bonchev–Trinajstić information content (AvgIpc) is 3.95. The summed E-state index contributed by atoms with van der Waals surface area (Å²) in [6.45, 7) is 0. The van der Waals surface area contributed by atoms with Crippen LogP contribution in [0.15, 0.2) is 200 Å². The topological polar surface area (TPSA) is 22.8 Å². The number of pyridine rings is 1. The number of thiophene rings is 1. The summed E-state index contributed by atoms with van der Waals surface area (Å²) in [4.78, 5) is 5.24. The Morgan fingerprint density at radius 2 is 0.898 bits per heavy atom. The normalized spacial score (nSPS) is 12.1. The Balaban J connectivity index is 0.982. The fraction of sp³-hybridized carbons (Fsp3) is 0. The summed E-state index contributed by atoms with van der Waals surface area (Å²) in [5.41, 5.74) is 14.1. The molecule has 0 aliphatic rings. The van der Waals surface area contributed by atoms with Gasteiger partial charge in [0.05, 0.1) is 43.5 Å². The van der Waals surface area contributed by atoms with E-state index in [1.165, 1.54) is 97.1 Å². The minimum atomic E-state index is 1.01. The highest BCUT2D eigenvalue weighted by atomic mass is 32.1. The number of nitrogens with zero attached hydrogens (tertiary/aromatic N) is 3. The standard InChI is InChI=1S/C55H33N3S/c1-2-12-34(13-3-1)35-22-23-37-31-40(27-24-36(37)30-35)57-48-19-9-5-14-41(48)45-32-38(25-28-50(45)57)39-26-29-51-46(33-39)42-15-6-10-20-49(42)58(51)54-43-16-4-8-18-47(43)56-53-44-17-7-11-21-52(44)59-55(53)54/h1-33H. The van der Waals surface area contributed by atoms with Gasteiger partial charge >= 0.3 is 0 Å². The molecule has 0 aliphatic heterocycles. The minimum absolute atomic E-state index is 1.01. The molecule has 0 unspecified atom stereocenters. The molecule has 4 heteroatoms. The van der Waals surface area contributed by atoms with Gasteiger partial charge in [-0.3, -0.25) is 0 Å². The van der Waals surface area contributed by atoms with Gasteiger partial charge in [0.15, 0.2) is 0 Å². The summed E-state index contributed by atoms with van der Waals surface area (Å²) in [7, 11) is 0. The lowest BCUT2D eigenvalue weighted by Gasteiger charge is -2.13. The van der Waals surface area contributed by atoms with Crippen LogP contribution in [0.3, 0.4) is 0 Å². The predicted molar refractivity (Wildman–Crippen MR) is 252 cm³/mol. The SMILES string of the molecule is c1ccc(-c2ccc3cc(-n4c5ccccc5c5cc(-c6ccc7c(c6)c6ccccc6n7-c6c7ccccc7nc7c6sc6ccccc67)ccc54)ccc3c2)cc1. The second-order valence-electron chi connectivity index (χ2n) is 15.5. The van der Waals surface area contributed by atoms with E-state index in [1.54, 1.807) is 0 Å². The summed E-state index contributed by atoms with van der Waals surface area (Å²) in [6.07, 6.45) is 0. The van der Waals surface area contributed by atoms with Crippen molar-refractivity contribution in [3.63, 3.8) is 0 Å². The maximum absolute atomic E-state index is 5.24. The lowest BCUT2D eigenvalue weighted by molar-refractivity contribution is 1.19. The first-order valence-electron chi connectivity index (χ1n) is 20.1. The molecule has 0 bridgehead atoms. The Bertz CT molecular complexity index is 3850. The van der Waals surface area contributed by atoms with Crippen LogP contribution in [0, 0.1) is 0 Å².